The Morgan fingerprint density at radius 1 is 1.36 bits per heavy atom. The van der Waals surface area contributed by atoms with Gasteiger partial charge in [-0.05, 0) is 36.8 Å². The number of nitrogens with zero attached hydrogens (tertiary/aromatic N) is 3. The number of hydrogen-bond donors (Lipinski definition) is 1. The van der Waals surface area contributed by atoms with Crippen molar-refractivity contribution < 1.29 is 14.2 Å². The zero-order valence-electron chi connectivity index (χ0n) is 14.2. The molecule has 6 nitrogen and oxygen atoms in total. The number of fused-ring (bicyclic) bond motifs is 1. The number of rotatable bonds is 6. The summed E-state index contributed by atoms with van der Waals surface area (Å²) in [5, 5.41) is 14.6. The molecule has 1 aromatic carbocycles. The van der Waals surface area contributed by atoms with Gasteiger partial charge in [0.05, 0.1) is 5.69 Å². The Balaban J connectivity index is 1.54. The summed E-state index contributed by atoms with van der Waals surface area (Å²) < 4.78 is 19.8. The van der Waals surface area contributed by atoms with Crippen LogP contribution in [0.25, 0.3) is 0 Å². The van der Waals surface area contributed by atoms with Crippen LogP contribution in [0.4, 0.5) is 4.39 Å². The molecule has 134 valence electrons. The monoisotopic (exact) mass is 347 g/mol. The Hall–Kier alpha value is -2.25. The number of aryl methyl sites for hydroxylation is 1. The van der Waals surface area contributed by atoms with Gasteiger partial charge in [0.25, 0.3) is 5.56 Å². The molecule has 0 fully saturated rings. The minimum Gasteiger partial charge on any atom is -0.491 e. The van der Waals surface area contributed by atoms with Crippen molar-refractivity contribution in [3.63, 3.8) is 0 Å². The van der Waals surface area contributed by atoms with E-state index in [4.69, 9.17) is 4.74 Å². The molecule has 1 N–H and O–H groups in total. The second kappa shape index (κ2) is 7.76. The van der Waals surface area contributed by atoms with E-state index in [-0.39, 0.29) is 18.0 Å². The smallest absolute Gasteiger partial charge is 0.267 e. The molecule has 7 heteroatoms. The van der Waals surface area contributed by atoms with Crippen molar-refractivity contribution in [1.82, 2.24) is 14.7 Å². The molecule has 0 saturated carbocycles. The summed E-state index contributed by atoms with van der Waals surface area (Å²) in [5.41, 5.74) is 1.78. The molecule has 1 aliphatic heterocycles. The lowest BCUT2D eigenvalue weighted by Crippen LogP contribution is -2.40. The molecule has 0 radical (unpaired) electrons. The van der Waals surface area contributed by atoms with Crippen LogP contribution in [0.3, 0.4) is 0 Å². The van der Waals surface area contributed by atoms with E-state index in [9.17, 15) is 14.3 Å². The van der Waals surface area contributed by atoms with E-state index in [0.29, 0.717) is 25.4 Å². The standard InChI is InChI=1S/C18H22FN3O3/c1-2-22-18(24)9-13-10-21(8-7-17(13)20-22)11-15(23)12-25-16-5-3-14(19)4-6-16/h3-6,9,15,23H,2,7-8,10-12H2,1H3. The summed E-state index contributed by atoms with van der Waals surface area (Å²) in [5.74, 6) is 0.199. The summed E-state index contributed by atoms with van der Waals surface area (Å²) in [6.45, 7) is 4.40. The second-order valence-electron chi connectivity index (χ2n) is 6.17. The zero-order chi connectivity index (χ0) is 17.8. The second-order valence-corrected chi connectivity index (χ2v) is 6.17. The van der Waals surface area contributed by atoms with Crippen molar-refractivity contribution in [2.45, 2.75) is 32.5 Å². The van der Waals surface area contributed by atoms with Crippen molar-refractivity contribution in [3.05, 3.63) is 57.8 Å². The van der Waals surface area contributed by atoms with E-state index in [1.54, 1.807) is 6.07 Å². The van der Waals surface area contributed by atoms with Crippen LogP contribution in [-0.4, -0.2) is 45.6 Å². The largest absolute Gasteiger partial charge is 0.491 e. The van der Waals surface area contributed by atoms with Crippen LogP contribution >= 0.6 is 0 Å². The Bertz CT molecular complexity index is 776. The normalized spacial score (nSPS) is 15.6. The fourth-order valence-corrected chi connectivity index (χ4v) is 2.95. The summed E-state index contributed by atoms with van der Waals surface area (Å²) in [6, 6.07) is 7.34. The highest BCUT2D eigenvalue weighted by Gasteiger charge is 2.21. The molecule has 0 bridgehead atoms. The van der Waals surface area contributed by atoms with Crippen molar-refractivity contribution in [2.24, 2.45) is 0 Å². The van der Waals surface area contributed by atoms with Crippen LogP contribution in [0.5, 0.6) is 5.75 Å². The molecule has 0 amide bonds. The molecular weight excluding hydrogens is 325 g/mol. The molecule has 2 heterocycles. The van der Waals surface area contributed by atoms with E-state index in [0.717, 1.165) is 24.2 Å². The molecule has 3 rings (SSSR count). The lowest BCUT2D eigenvalue weighted by Gasteiger charge is -2.29. The highest BCUT2D eigenvalue weighted by atomic mass is 19.1. The average Bonchev–Trinajstić information content (AvgIpc) is 2.60. The SMILES string of the molecule is CCn1nc2c(cc1=O)CN(CC(O)COc1ccc(F)cc1)CC2. The summed E-state index contributed by atoms with van der Waals surface area (Å²) in [7, 11) is 0. The maximum atomic E-state index is 12.9. The lowest BCUT2D eigenvalue weighted by atomic mass is 10.1. The number of benzene rings is 1. The highest BCUT2D eigenvalue weighted by molar-refractivity contribution is 5.22. The van der Waals surface area contributed by atoms with Crippen molar-refractivity contribution in [1.29, 1.82) is 0 Å². The number of ether oxygens (including phenoxy) is 1. The first-order valence-electron chi connectivity index (χ1n) is 8.44. The molecule has 0 aliphatic carbocycles. The number of halogens is 1. The van der Waals surface area contributed by atoms with Crippen molar-refractivity contribution >= 4 is 0 Å². The highest BCUT2D eigenvalue weighted by Crippen LogP contribution is 2.16. The van der Waals surface area contributed by atoms with Gasteiger partial charge in [-0.1, -0.05) is 0 Å². The zero-order valence-corrected chi connectivity index (χ0v) is 14.2. The Kier molecular flexibility index (Phi) is 5.45. The number of hydrogen-bond acceptors (Lipinski definition) is 5. The van der Waals surface area contributed by atoms with E-state index in [2.05, 4.69) is 10.00 Å². The van der Waals surface area contributed by atoms with E-state index in [1.807, 2.05) is 6.92 Å². The number of aliphatic hydroxyl groups is 1. The van der Waals surface area contributed by atoms with Gasteiger partial charge in [-0.25, -0.2) is 9.07 Å². The number of aliphatic hydroxyl groups excluding tert-OH is 1. The van der Waals surface area contributed by atoms with Gasteiger partial charge in [0.15, 0.2) is 0 Å². The van der Waals surface area contributed by atoms with Gasteiger partial charge in [0.1, 0.15) is 24.3 Å². The van der Waals surface area contributed by atoms with Gasteiger partial charge in [0.2, 0.25) is 0 Å². The van der Waals surface area contributed by atoms with Crippen LogP contribution in [0.1, 0.15) is 18.2 Å². The first kappa shape index (κ1) is 17.6. The Labute approximate surface area is 145 Å². The molecule has 0 spiro atoms. The summed E-state index contributed by atoms with van der Waals surface area (Å²) in [4.78, 5) is 14.0. The number of aromatic nitrogens is 2. The minimum atomic E-state index is -0.671. The van der Waals surface area contributed by atoms with Crippen LogP contribution < -0.4 is 10.3 Å². The van der Waals surface area contributed by atoms with Gasteiger partial charge in [-0.3, -0.25) is 9.69 Å². The van der Waals surface area contributed by atoms with Crippen molar-refractivity contribution in [2.75, 3.05) is 19.7 Å². The minimum absolute atomic E-state index is 0.0942. The number of β-amino-alcohol motifs (C(OH)–C–C–N with tert-alkyl or cyclic N) is 1. The molecular formula is C18H22FN3O3. The van der Waals surface area contributed by atoms with Crippen molar-refractivity contribution in [3.8, 4) is 5.75 Å². The molecule has 1 unspecified atom stereocenters. The third-order valence-electron chi connectivity index (χ3n) is 4.25. The maximum absolute atomic E-state index is 12.9. The van der Waals surface area contributed by atoms with Gasteiger partial charge >= 0.3 is 0 Å². The average molecular weight is 347 g/mol. The molecule has 2 aromatic rings. The fourth-order valence-electron chi connectivity index (χ4n) is 2.95. The van der Waals surface area contributed by atoms with Crippen LogP contribution in [-0.2, 0) is 19.5 Å². The molecule has 1 atom stereocenters. The van der Waals surface area contributed by atoms with E-state index >= 15 is 0 Å². The first-order valence-corrected chi connectivity index (χ1v) is 8.44. The third kappa shape index (κ3) is 4.43. The predicted octanol–water partition coefficient (Wildman–Crippen LogP) is 1.20. The molecule has 1 aliphatic rings. The van der Waals surface area contributed by atoms with Gasteiger partial charge in [-0.15, -0.1) is 0 Å². The summed E-state index contributed by atoms with van der Waals surface area (Å²) in [6.07, 6.45) is 0.0804. The van der Waals surface area contributed by atoms with E-state index < -0.39 is 6.10 Å². The fraction of sp³-hybridized carbons (Fsp3) is 0.444. The van der Waals surface area contributed by atoms with Crippen LogP contribution in [0.15, 0.2) is 35.1 Å². The van der Waals surface area contributed by atoms with Crippen LogP contribution in [0, 0.1) is 5.82 Å². The lowest BCUT2D eigenvalue weighted by molar-refractivity contribution is 0.0633. The quantitative estimate of drug-likeness (QED) is 0.851. The molecule has 0 saturated heterocycles. The van der Waals surface area contributed by atoms with Gasteiger partial charge in [0, 0.05) is 38.7 Å². The molecule has 1 aromatic heterocycles. The van der Waals surface area contributed by atoms with Crippen LogP contribution in [0.2, 0.25) is 0 Å². The Morgan fingerprint density at radius 2 is 2.12 bits per heavy atom. The maximum Gasteiger partial charge on any atom is 0.267 e. The van der Waals surface area contributed by atoms with Gasteiger partial charge < -0.3 is 9.84 Å². The predicted molar refractivity (Wildman–Crippen MR) is 91.1 cm³/mol. The van der Waals surface area contributed by atoms with Gasteiger partial charge in [-0.2, -0.15) is 5.10 Å². The third-order valence-corrected chi connectivity index (χ3v) is 4.25. The summed E-state index contributed by atoms with van der Waals surface area (Å²) >= 11 is 0. The first-order chi connectivity index (χ1) is 12.0. The molecule has 25 heavy (non-hydrogen) atoms. The van der Waals surface area contributed by atoms with E-state index in [1.165, 1.54) is 28.9 Å². The Morgan fingerprint density at radius 3 is 2.84 bits per heavy atom. The topological polar surface area (TPSA) is 67.6 Å².